The van der Waals surface area contributed by atoms with Gasteiger partial charge in [0.2, 0.25) is 10.0 Å². The summed E-state index contributed by atoms with van der Waals surface area (Å²) in [7, 11) is -3.40. The number of H-pyrrole nitrogens is 1. The fraction of sp³-hybridized carbons (Fsp3) is 0.333. The molecule has 186 valence electrons. The lowest BCUT2D eigenvalue weighted by atomic mass is 10.2. The third-order valence-corrected chi connectivity index (χ3v) is 6.53. The van der Waals surface area contributed by atoms with Gasteiger partial charge in [0.05, 0.1) is 24.7 Å². The zero-order valence-electron chi connectivity index (χ0n) is 19.5. The van der Waals surface area contributed by atoms with Gasteiger partial charge in [0.1, 0.15) is 29.2 Å². The first-order chi connectivity index (χ1) is 16.7. The van der Waals surface area contributed by atoms with Crippen molar-refractivity contribution in [2.75, 3.05) is 29.0 Å². The number of ether oxygens (including phenoxy) is 2. The molecule has 10 nitrogen and oxygen atoms in total. The van der Waals surface area contributed by atoms with Crippen LogP contribution in [0.5, 0.6) is 17.2 Å². The normalized spacial score (nSPS) is 14.3. The van der Waals surface area contributed by atoms with E-state index in [0.717, 1.165) is 12.8 Å². The van der Waals surface area contributed by atoms with Gasteiger partial charge in [-0.15, -0.1) is 0 Å². The maximum absolute atomic E-state index is 12.7. The fourth-order valence-corrected chi connectivity index (χ4v) is 4.39. The van der Waals surface area contributed by atoms with Gasteiger partial charge in [-0.1, -0.05) is 0 Å². The maximum Gasteiger partial charge on any atom is 0.257 e. The summed E-state index contributed by atoms with van der Waals surface area (Å²) in [6.45, 7) is 1.97. The van der Waals surface area contributed by atoms with Crippen molar-refractivity contribution >= 4 is 27.4 Å². The van der Waals surface area contributed by atoms with Gasteiger partial charge in [0.15, 0.2) is 0 Å². The molecule has 1 amide bonds. The molecule has 1 aromatic heterocycles. The zero-order valence-corrected chi connectivity index (χ0v) is 20.3. The second-order valence-corrected chi connectivity index (χ2v) is 10.5. The third-order valence-electron chi connectivity index (χ3n) is 5.37. The van der Waals surface area contributed by atoms with Crippen LogP contribution < -0.4 is 19.1 Å². The van der Waals surface area contributed by atoms with Gasteiger partial charge in [-0.25, -0.2) is 8.42 Å². The molecular formula is C24H28N4O6S. The minimum atomic E-state index is -3.40. The van der Waals surface area contributed by atoms with Crippen LogP contribution in [0.15, 0.2) is 54.7 Å². The highest BCUT2D eigenvalue weighted by Gasteiger charge is 2.28. The van der Waals surface area contributed by atoms with Crippen LogP contribution in [0.3, 0.4) is 0 Å². The summed E-state index contributed by atoms with van der Waals surface area (Å²) in [5, 5.41) is 18.5. The average molecular weight is 501 g/mol. The topological polar surface area (TPSA) is 134 Å². The fourth-order valence-electron chi connectivity index (χ4n) is 3.40. The maximum atomic E-state index is 12.7. The number of aliphatic hydroxyl groups is 1. The minimum absolute atomic E-state index is 0.195. The highest BCUT2D eigenvalue weighted by Crippen LogP contribution is 2.34. The molecule has 3 N–H and O–H groups in total. The number of sulfonamides is 1. The molecule has 1 aliphatic carbocycles. The molecule has 1 atom stereocenters. The van der Waals surface area contributed by atoms with Gasteiger partial charge < -0.3 is 19.9 Å². The van der Waals surface area contributed by atoms with Crippen LogP contribution in [0.25, 0.3) is 0 Å². The SMILES string of the molecule is C[C@@H](CO)Oc1cc(Oc2ccc(N(CC3CC3)S(C)(=O)=O)cc2)cc(C(=O)Nc2ccn[nH]2)c1. The van der Waals surface area contributed by atoms with Gasteiger partial charge in [-0.2, -0.15) is 5.10 Å². The van der Waals surface area contributed by atoms with Gasteiger partial charge >= 0.3 is 0 Å². The molecule has 1 aliphatic rings. The lowest BCUT2D eigenvalue weighted by molar-refractivity contribution is 0.102. The number of aliphatic hydroxyl groups excluding tert-OH is 1. The molecule has 1 saturated carbocycles. The molecule has 11 heteroatoms. The molecule has 1 heterocycles. The Morgan fingerprint density at radius 1 is 1.17 bits per heavy atom. The summed E-state index contributed by atoms with van der Waals surface area (Å²) in [6.07, 6.45) is 4.31. The molecule has 35 heavy (non-hydrogen) atoms. The first-order valence-electron chi connectivity index (χ1n) is 11.2. The predicted molar refractivity (Wildman–Crippen MR) is 132 cm³/mol. The number of benzene rings is 2. The van der Waals surface area contributed by atoms with Crippen molar-refractivity contribution in [3.63, 3.8) is 0 Å². The third kappa shape index (κ3) is 6.74. The zero-order chi connectivity index (χ0) is 25.0. The molecule has 0 bridgehead atoms. The molecule has 0 saturated heterocycles. The minimum Gasteiger partial charge on any atom is -0.488 e. The number of carbonyl (C=O) groups excluding carboxylic acids is 1. The van der Waals surface area contributed by atoms with Gasteiger partial charge in [0, 0.05) is 24.2 Å². The molecule has 0 unspecified atom stereocenters. The van der Waals surface area contributed by atoms with E-state index in [2.05, 4.69) is 15.5 Å². The number of anilines is 2. The van der Waals surface area contributed by atoms with Crippen molar-refractivity contribution in [1.82, 2.24) is 10.2 Å². The van der Waals surface area contributed by atoms with Crippen LogP contribution in [0.2, 0.25) is 0 Å². The standard InChI is InChI=1S/C24H28N4O6S/c1-16(15-29)33-21-11-18(24(30)26-23-9-10-25-27-23)12-22(13-21)34-20-7-5-19(6-8-20)28(35(2,31)32)14-17-3-4-17/h5-13,16-17,29H,3-4,14-15H2,1-2H3,(H2,25,26,27,30)/t16-/m0/s1. The summed E-state index contributed by atoms with van der Waals surface area (Å²) in [6, 6.07) is 13.1. The summed E-state index contributed by atoms with van der Waals surface area (Å²) >= 11 is 0. The van der Waals surface area contributed by atoms with E-state index < -0.39 is 22.0 Å². The van der Waals surface area contributed by atoms with E-state index in [1.54, 1.807) is 55.5 Å². The van der Waals surface area contributed by atoms with Crippen molar-refractivity contribution in [2.45, 2.75) is 25.9 Å². The van der Waals surface area contributed by atoms with E-state index in [1.165, 1.54) is 16.8 Å². The lowest BCUT2D eigenvalue weighted by Crippen LogP contribution is -2.31. The molecule has 0 radical (unpaired) electrons. The number of hydrogen-bond acceptors (Lipinski definition) is 7. The number of nitrogens with one attached hydrogen (secondary N) is 2. The van der Waals surface area contributed by atoms with Gasteiger partial charge in [0.25, 0.3) is 5.91 Å². The summed E-state index contributed by atoms with van der Waals surface area (Å²) in [5.41, 5.74) is 0.849. The molecule has 2 aromatic carbocycles. The number of rotatable bonds is 11. The smallest absolute Gasteiger partial charge is 0.257 e. The second kappa shape index (κ2) is 10.4. The van der Waals surface area contributed by atoms with E-state index >= 15 is 0 Å². The van der Waals surface area contributed by atoms with Gasteiger partial charge in [-0.3, -0.25) is 14.2 Å². The van der Waals surface area contributed by atoms with Crippen LogP contribution in [0, 0.1) is 5.92 Å². The Labute approximate surface area is 203 Å². The number of hydrogen-bond donors (Lipinski definition) is 3. The number of amides is 1. The average Bonchev–Trinajstić information content (AvgIpc) is 3.50. The van der Waals surface area contributed by atoms with E-state index in [0.29, 0.717) is 41.2 Å². The highest BCUT2D eigenvalue weighted by molar-refractivity contribution is 7.92. The number of nitrogens with zero attached hydrogens (tertiary/aromatic N) is 2. The Balaban J connectivity index is 1.56. The monoisotopic (exact) mass is 500 g/mol. The largest absolute Gasteiger partial charge is 0.488 e. The van der Waals surface area contributed by atoms with E-state index in [4.69, 9.17) is 9.47 Å². The quantitative estimate of drug-likeness (QED) is 0.367. The first kappa shape index (κ1) is 24.6. The highest BCUT2D eigenvalue weighted by atomic mass is 32.2. The van der Waals surface area contributed by atoms with Crippen LogP contribution in [0.4, 0.5) is 11.5 Å². The number of aromatic nitrogens is 2. The lowest BCUT2D eigenvalue weighted by Gasteiger charge is -2.22. The van der Waals surface area contributed by atoms with Crippen LogP contribution in [-0.4, -0.2) is 55.1 Å². The van der Waals surface area contributed by atoms with Gasteiger partial charge in [-0.05, 0) is 62.1 Å². The summed E-state index contributed by atoms with van der Waals surface area (Å²) in [4.78, 5) is 12.7. The number of carbonyl (C=O) groups is 1. The molecule has 4 rings (SSSR count). The van der Waals surface area contributed by atoms with Crippen LogP contribution in [0.1, 0.15) is 30.1 Å². The summed E-state index contributed by atoms with van der Waals surface area (Å²) < 4.78 is 37.6. The van der Waals surface area contributed by atoms with E-state index in [9.17, 15) is 18.3 Å². The number of aromatic amines is 1. The van der Waals surface area contributed by atoms with Crippen molar-refractivity contribution in [3.8, 4) is 17.2 Å². The summed E-state index contributed by atoms with van der Waals surface area (Å²) in [5.74, 6) is 1.58. The van der Waals surface area contributed by atoms with Crippen LogP contribution in [-0.2, 0) is 10.0 Å². The molecule has 3 aromatic rings. The Morgan fingerprint density at radius 3 is 2.49 bits per heavy atom. The van der Waals surface area contributed by atoms with Crippen LogP contribution >= 0.6 is 0 Å². The Hall–Kier alpha value is -3.57. The molecule has 1 fully saturated rings. The van der Waals surface area contributed by atoms with E-state index in [-0.39, 0.29) is 12.2 Å². The Kier molecular flexibility index (Phi) is 7.27. The molecule has 0 spiro atoms. The predicted octanol–water partition coefficient (Wildman–Crippen LogP) is 3.39. The first-order valence-corrected chi connectivity index (χ1v) is 13.0. The Morgan fingerprint density at radius 2 is 1.89 bits per heavy atom. The molecular weight excluding hydrogens is 472 g/mol. The second-order valence-electron chi connectivity index (χ2n) is 8.56. The van der Waals surface area contributed by atoms with Crippen molar-refractivity contribution < 1.29 is 27.8 Å². The Bertz CT molecular complexity index is 1260. The van der Waals surface area contributed by atoms with Crippen molar-refractivity contribution in [2.24, 2.45) is 5.92 Å². The molecule has 0 aliphatic heterocycles. The van der Waals surface area contributed by atoms with Crippen molar-refractivity contribution in [3.05, 3.63) is 60.3 Å². The van der Waals surface area contributed by atoms with Crippen molar-refractivity contribution in [1.29, 1.82) is 0 Å². The van der Waals surface area contributed by atoms with E-state index in [1.807, 2.05) is 0 Å².